The maximum absolute atomic E-state index is 5.13. The highest BCUT2D eigenvalue weighted by Gasteiger charge is 1.87. The summed E-state index contributed by atoms with van der Waals surface area (Å²) < 4.78 is 5.13. The Bertz CT molecular complexity index is 49.2. The van der Waals surface area contributed by atoms with E-state index in [0.717, 1.165) is 6.61 Å². The van der Waals surface area contributed by atoms with Crippen LogP contribution in [-0.2, 0) is 4.74 Å². The lowest BCUT2D eigenvalue weighted by atomic mass is 10.2. The third kappa shape index (κ3) is 8.44. The van der Waals surface area contributed by atoms with E-state index in [1.165, 1.54) is 32.1 Å². The summed E-state index contributed by atoms with van der Waals surface area (Å²) >= 11 is 3.21. The summed E-state index contributed by atoms with van der Waals surface area (Å²) in [5.41, 5.74) is 0.681. The highest BCUT2D eigenvalue weighted by Crippen LogP contribution is 2.02. The quantitative estimate of drug-likeness (QED) is 0.461. The Hall–Kier alpha value is 0.440. The number of alkyl halides is 1. The Morgan fingerprint density at radius 1 is 1.10 bits per heavy atom. The van der Waals surface area contributed by atoms with Gasteiger partial charge in [0.1, 0.15) is 5.52 Å². The summed E-state index contributed by atoms with van der Waals surface area (Å²) in [5, 5.41) is 0. The largest absolute Gasteiger partial charge is 0.370 e. The standard InChI is InChI=1S/C8H17BrO/c1-2-3-4-5-6-7-10-8-9/h2-8H2,1H3. The molecule has 0 aromatic rings. The third-order valence-corrected chi connectivity index (χ3v) is 1.79. The van der Waals surface area contributed by atoms with Gasteiger partial charge in [0, 0.05) is 6.61 Å². The lowest BCUT2D eigenvalue weighted by Gasteiger charge is -1.98. The van der Waals surface area contributed by atoms with Crippen LogP contribution in [0.5, 0.6) is 0 Å². The van der Waals surface area contributed by atoms with E-state index in [1.807, 2.05) is 0 Å². The molecule has 0 aliphatic rings. The maximum Gasteiger partial charge on any atom is 0.101 e. The minimum Gasteiger partial charge on any atom is -0.370 e. The van der Waals surface area contributed by atoms with Crippen LogP contribution in [0.4, 0.5) is 0 Å². The van der Waals surface area contributed by atoms with Gasteiger partial charge in [0.15, 0.2) is 0 Å². The summed E-state index contributed by atoms with van der Waals surface area (Å²) in [5.74, 6) is 0. The molecular formula is C8H17BrO. The fourth-order valence-electron chi connectivity index (χ4n) is 0.862. The van der Waals surface area contributed by atoms with Crippen molar-refractivity contribution in [2.45, 2.75) is 39.0 Å². The average molecular weight is 209 g/mol. The van der Waals surface area contributed by atoms with Crippen molar-refractivity contribution < 1.29 is 4.74 Å². The normalized spacial score (nSPS) is 10.2. The second-order valence-electron chi connectivity index (χ2n) is 2.43. The van der Waals surface area contributed by atoms with Gasteiger partial charge in [-0.3, -0.25) is 0 Å². The molecule has 62 valence electrons. The first-order valence-corrected chi connectivity index (χ1v) is 5.17. The van der Waals surface area contributed by atoms with Crippen LogP contribution >= 0.6 is 15.9 Å². The summed E-state index contributed by atoms with van der Waals surface area (Å²) in [7, 11) is 0. The van der Waals surface area contributed by atoms with Gasteiger partial charge in [-0.15, -0.1) is 0 Å². The van der Waals surface area contributed by atoms with E-state index in [-0.39, 0.29) is 0 Å². The summed E-state index contributed by atoms with van der Waals surface area (Å²) in [6.07, 6.45) is 6.59. The van der Waals surface area contributed by atoms with Gasteiger partial charge in [0.05, 0.1) is 0 Å². The molecule has 0 saturated heterocycles. The molecule has 0 aromatic heterocycles. The zero-order valence-electron chi connectivity index (χ0n) is 6.74. The number of halogens is 1. The molecule has 0 amide bonds. The molecule has 2 heteroatoms. The van der Waals surface area contributed by atoms with E-state index in [4.69, 9.17) is 4.74 Å². The number of rotatable bonds is 7. The van der Waals surface area contributed by atoms with Crippen molar-refractivity contribution in [2.24, 2.45) is 0 Å². The summed E-state index contributed by atoms with van der Waals surface area (Å²) in [6, 6.07) is 0. The second-order valence-corrected chi connectivity index (χ2v) is 2.89. The van der Waals surface area contributed by atoms with Crippen molar-refractivity contribution >= 4 is 15.9 Å². The van der Waals surface area contributed by atoms with Crippen LogP contribution < -0.4 is 0 Å². The van der Waals surface area contributed by atoms with Crippen LogP contribution in [0.2, 0.25) is 0 Å². The highest BCUT2D eigenvalue weighted by molar-refractivity contribution is 9.09. The van der Waals surface area contributed by atoms with Crippen LogP contribution in [0.3, 0.4) is 0 Å². The fraction of sp³-hybridized carbons (Fsp3) is 1.00. The van der Waals surface area contributed by atoms with Gasteiger partial charge in [-0.2, -0.15) is 0 Å². The molecular weight excluding hydrogens is 192 g/mol. The molecule has 0 saturated carbocycles. The average Bonchev–Trinajstić information content (AvgIpc) is 1.97. The topological polar surface area (TPSA) is 9.23 Å². The van der Waals surface area contributed by atoms with E-state index >= 15 is 0 Å². The smallest absolute Gasteiger partial charge is 0.101 e. The van der Waals surface area contributed by atoms with E-state index < -0.39 is 0 Å². The molecule has 10 heavy (non-hydrogen) atoms. The highest BCUT2D eigenvalue weighted by atomic mass is 79.9. The maximum atomic E-state index is 5.13. The minimum atomic E-state index is 0.681. The van der Waals surface area contributed by atoms with Gasteiger partial charge in [-0.1, -0.05) is 48.5 Å². The van der Waals surface area contributed by atoms with Crippen molar-refractivity contribution in [2.75, 3.05) is 12.1 Å². The number of hydrogen-bond acceptors (Lipinski definition) is 1. The van der Waals surface area contributed by atoms with Gasteiger partial charge in [0.25, 0.3) is 0 Å². The molecule has 0 aliphatic heterocycles. The van der Waals surface area contributed by atoms with Crippen molar-refractivity contribution in [3.63, 3.8) is 0 Å². The molecule has 1 nitrogen and oxygen atoms in total. The van der Waals surface area contributed by atoms with Gasteiger partial charge >= 0.3 is 0 Å². The summed E-state index contributed by atoms with van der Waals surface area (Å²) in [6.45, 7) is 3.14. The zero-order valence-corrected chi connectivity index (χ0v) is 8.32. The van der Waals surface area contributed by atoms with Crippen molar-refractivity contribution in [3.05, 3.63) is 0 Å². The summed E-state index contributed by atoms with van der Waals surface area (Å²) in [4.78, 5) is 0. The van der Waals surface area contributed by atoms with Crippen molar-refractivity contribution in [1.82, 2.24) is 0 Å². The number of hydrogen-bond donors (Lipinski definition) is 0. The van der Waals surface area contributed by atoms with Crippen molar-refractivity contribution in [3.8, 4) is 0 Å². The second kappa shape index (κ2) is 9.44. The molecule has 0 atom stereocenters. The fourth-order valence-corrected chi connectivity index (χ4v) is 1.09. The van der Waals surface area contributed by atoms with Crippen LogP contribution in [0.15, 0.2) is 0 Å². The van der Waals surface area contributed by atoms with Crippen LogP contribution in [-0.4, -0.2) is 12.1 Å². The molecule has 0 radical (unpaired) electrons. The Labute approximate surface area is 72.3 Å². The Kier molecular flexibility index (Phi) is 9.86. The third-order valence-electron chi connectivity index (χ3n) is 1.47. The number of unbranched alkanes of at least 4 members (excludes halogenated alkanes) is 4. The molecule has 0 N–H and O–H groups in total. The first-order chi connectivity index (χ1) is 4.91. The Morgan fingerprint density at radius 2 is 1.80 bits per heavy atom. The van der Waals surface area contributed by atoms with Gasteiger partial charge in [0.2, 0.25) is 0 Å². The molecule has 0 aliphatic carbocycles. The van der Waals surface area contributed by atoms with Gasteiger partial charge in [-0.05, 0) is 6.42 Å². The molecule has 0 bridgehead atoms. The lowest BCUT2D eigenvalue weighted by Crippen LogP contribution is -1.90. The first-order valence-electron chi connectivity index (χ1n) is 4.05. The van der Waals surface area contributed by atoms with Crippen molar-refractivity contribution in [1.29, 1.82) is 0 Å². The number of ether oxygens (including phenoxy) is 1. The monoisotopic (exact) mass is 208 g/mol. The van der Waals surface area contributed by atoms with Crippen LogP contribution in [0, 0.1) is 0 Å². The molecule has 0 rings (SSSR count). The van der Waals surface area contributed by atoms with E-state index in [1.54, 1.807) is 0 Å². The Balaban J connectivity index is 2.65. The van der Waals surface area contributed by atoms with Gasteiger partial charge < -0.3 is 4.74 Å². The molecule has 0 fully saturated rings. The van der Waals surface area contributed by atoms with Crippen LogP contribution in [0.25, 0.3) is 0 Å². The zero-order chi connectivity index (χ0) is 7.66. The SMILES string of the molecule is CCCCCCCOCBr. The first kappa shape index (κ1) is 10.4. The minimum absolute atomic E-state index is 0.681. The van der Waals surface area contributed by atoms with Gasteiger partial charge in [-0.25, -0.2) is 0 Å². The van der Waals surface area contributed by atoms with E-state index in [2.05, 4.69) is 22.9 Å². The molecule has 0 unspecified atom stereocenters. The molecule has 0 spiro atoms. The van der Waals surface area contributed by atoms with E-state index in [9.17, 15) is 0 Å². The van der Waals surface area contributed by atoms with Crippen LogP contribution in [0.1, 0.15) is 39.0 Å². The lowest BCUT2D eigenvalue weighted by molar-refractivity contribution is 0.180. The predicted molar refractivity (Wildman–Crippen MR) is 48.5 cm³/mol. The predicted octanol–water partition coefficient (Wildman–Crippen LogP) is 3.33. The van der Waals surface area contributed by atoms with E-state index in [0.29, 0.717) is 5.52 Å². The molecule has 0 aromatic carbocycles. The Morgan fingerprint density at radius 3 is 2.40 bits per heavy atom. The molecule has 0 heterocycles.